The van der Waals surface area contributed by atoms with Crippen LogP contribution in [-0.2, 0) is 4.79 Å². The first-order valence-corrected chi connectivity index (χ1v) is 9.39. The number of carbonyl (C=O) groups is 2. The molecule has 0 spiro atoms. The molecule has 3 N–H and O–H groups in total. The van der Waals surface area contributed by atoms with E-state index in [1.54, 1.807) is 40.1 Å². The number of benzene rings is 1. The Balaban J connectivity index is 2.17. The molecule has 30 heavy (non-hydrogen) atoms. The summed E-state index contributed by atoms with van der Waals surface area (Å²) in [6, 6.07) is 5.95. The van der Waals surface area contributed by atoms with Crippen molar-refractivity contribution in [3.8, 4) is 11.3 Å². The highest BCUT2D eigenvalue weighted by Crippen LogP contribution is 2.32. The third kappa shape index (κ3) is 4.45. The summed E-state index contributed by atoms with van der Waals surface area (Å²) in [5.41, 5.74) is 3.00. The molecule has 0 unspecified atom stereocenters. The number of hydrogen-bond donors (Lipinski definition) is 3. The first-order valence-electron chi connectivity index (χ1n) is 9.39. The number of anilines is 1. The maximum Gasteiger partial charge on any atom is 0.321 e. The topological polar surface area (TPSA) is 103 Å². The van der Waals surface area contributed by atoms with E-state index in [1.165, 1.54) is 29.3 Å². The largest absolute Gasteiger partial charge is 0.345 e. The molecule has 0 radical (unpaired) electrons. The third-order valence-electron chi connectivity index (χ3n) is 4.41. The predicted octanol–water partition coefficient (Wildman–Crippen LogP) is 3.40. The van der Waals surface area contributed by atoms with Gasteiger partial charge in [0.25, 0.3) is 0 Å². The number of allylic oxidation sites excluding steroid dienone is 1. The first kappa shape index (κ1) is 21.0. The lowest BCUT2D eigenvalue weighted by atomic mass is 10.00. The highest BCUT2D eigenvalue weighted by Gasteiger charge is 2.17. The average Bonchev–Trinajstić information content (AvgIpc) is 3.09. The summed E-state index contributed by atoms with van der Waals surface area (Å²) in [4.78, 5) is 37.0. The fourth-order valence-corrected chi connectivity index (χ4v) is 2.88. The Morgan fingerprint density at radius 2 is 2.07 bits per heavy atom. The number of aromatic nitrogens is 3. The molecule has 8 nitrogen and oxygen atoms in total. The second-order valence-electron chi connectivity index (χ2n) is 6.88. The molecule has 0 saturated heterocycles. The zero-order valence-corrected chi connectivity index (χ0v) is 17.2. The van der Waals surface area contributed by atoms with Crippen molar-refractivity contribution in [1.29, 1.82) is 0 Å². The van der Waals surface area contributed by atoms with E-state index in [0.29, 0.717) is 34.3 Å². The summed E-state index contributed by atoms with van der Waals surface area (Å²) >= 11 is 0. The number of H-pyrrole nitrogens is 1. The summed E-state index contributed by atoms with van der Waals surface area (Å²) in [6.45, 7) is 4.06. The smallest absolute Gasteiger partial charge is 0.321 e. The van der Waals surface area contributed by atoms with Gasteiger partial charge in [-0.25, -0.2) is 14.2 Å². The van der Waals surface area contributed by atoms with Crippen molar-refractivity contribution in [3.05, 3.63) is 47.9 Å². The van der Waals surface area contributed by atoms with Gasteiger partial charge in [-0.15, -0.1) is 0 Å². The van der Waals surface area contributed by atoms with E-state index in [-0.39, 0.29) is 17.5 Å². The molecule has 3 amide bonds. The van der Waals surface area contributed by atoms with E-state index in [1.807, 2.05) is 0 Å². The molecular formula is C21H23FN6O2. The summed E-state index contributed by atoms with van der Waals surface area (Å²) in [5, 5.41) is 5.24. The van der Waals surface area contributed by atoms with Crippen molar-refractivity contribution in [2.24, 2.45) is 0 Å². The SMILES string of the molecule is CCNC(=O)Nc1nc2c(-c3ncccc3F)cc(/C(C)=C/C(=O)N(C)C)cc2[nH]1. The van der Waals surface area contributed by atoms with Gasteiger partial charge in [0.05, 0.1) is 5.52 Å². The number of urea groups is 1. The van der Waals surface area contributed by atoms with E-state index >= 15 is 0 Å². The van der Waals surface area contributed by atoms with Crippen LogP contribution in [0.15, 0.2) is 36.5 Å². The molecule has 0 atom stereocenters. The highest BCUT2D eigenvalue weighted by atomic mass is 19.1. The average molecular weight is 410 g/mol. The van der Waals surface area contributed by atoms with Crippen LogP contribution in [0.5, 0.6) is 0 Å². The van der Waals surface area contributed by atoms with Gasteiger partial charge in [0, 0.05) is 38.5 Å². The molecule has 2 heterocycles. The highest BCUT2D eigenvalue weighted by molar-refractivity contribution is 5.99. The van der Waals surface area contributed by atoms with Crippen molar-refractivity contribution in [3.63, 3.8) is 0 Å². The van der Waals surface area contributed by atoms with Crippen LogP contribution in [-0.4, -0.2) is 52.4 Å². The summed E-state index contributed by atoms with van der Waals surface area (Å²) < 4.78 is 14.5. The van der Waals surface area contributed by atoms with Crippen LogP contribution >= 0.6 is 0 Å². The van der Waals surface area contributed by atoms with Gasteiger partial charge < -0.3 is 15.2 Å². The predicted molar refractivity (Wildman–Crippen MR) is 114 cm³/mol. The maximum absolute atomic E-state index is 14.5. The van der Waals surface area contributed by atoms with Gasteiger partial charge in [0.15, 0.2) is 0 Å². The van der Waals surface area contributed by atoms with Crippen molar-refractivity contribution in [2.45, 2.75) is 13.8 Å². The number of likely N-dealkylation sites (N-methyl/N-ethyl adjacent to an activating group) is 1. The monoisotopic (exact) mass is 410 g/mol. The van der Waals surface area contributed by atoms with Gasteiger partial charge in [-0.2, -0.15) is 0 Å². The number of pyridine rings is 1. The standard InChI is InChI=1S/C21H23FN6O2/c1-5-23-21(30)27-20-25-16-11-13(12(2)9-17(29)28(3)4)10-14(19(16)26-20)18-15(22)7-6-8-24-18/h6-11H,5H2,1-4H3,(H3,23,25,26,27,30)/b12-9+. The minimum atomic E-state index is -0.497. The van der Waals surface area contributed by atoms with Gasteiger partial charge in [-0.05, 0) is 49.2 Å². The summed E-state index contributed by atoms with van der Waals surface area (Å²) in [7, 11) is 3.33. The van der Waals surface area contributed by atoms with Crippen molar-refractivity contribution < 1.29 is 14.0 Å². The number of nitrogens with one attached hydrogen (secondary N) is 3. The van der Waals surface area contributed by atoms with Crippen LogP contribution in [0.1, 0.15) is 19.4 Å². The number of carbonyl (C=O) groups excluding carboxylic acids is 2. The summed E-state index contributed by atoms with van der Waals surface area (Å²) in [5.74, 6) is -0.443. The molecule has 156 valence electrons. The Labute approximate surface area is 173 Å². The van der Waals surface area contributed by atoms with E-state index < -0.39 is 11.8 Å². The van der Waals surface area contributed by atoms with Gasteiger partial charge in [0.1, 0.15) is 17.0 Å². The molecule has 2 aromatic heterocycles. The van der Waals surface area contributed by atoms with E-state index in [0.717, 1.165) is 0 Å². The quantitative estimate of drug-likeness (QED) is 0.561. The lowest BCUT2D eigenvalue weighted by molar-refractivity contribution is -0.123. The zero-order valence-electron chi connectivity index (χ0n) is 17.2. The van der Waals surface area contributed by atoms with Crippen molar-refractivity contribution in [1.82, 2.24) is 25.2 Å². The normalized spacial score (nSPS) is 11.4. The lowest BCUT2D eigenvalue weighted by Crippen LogP contribution is -2.28. The molecule has 0 aliphatic heterocycles. The molecule has 9 heteroatoms. The number of nitrogens with zero attached hydrogens (tertiary/aromatic N) is 3. The maximum atomic E-state index is 14.5. The third-order valence-corrected chi connectivity index (χ3v) is 4.41. The van der Waals surface area contributed by atoms with Crippen LogP contribution in [0.2, 0.25) is 0 Å². The Kier molecular flexibility index (Phi) is 6.10. The molecule has 0 fully saturated rings. The number of imidazole rings is 1. The number of fused-ring (bicyclic) bond motifs is 1. The Hall–Kier alpha value is -3.75. The van der Waals surface area contributed by atoms with Crippen molar-refractivity contribution >= 4 is 34.5 Å². The van der Waals surface area contributed by atoms with E-state index in [9.17, 15) is 14.0 Å². The molecule has 1 aromatic carbocycles. The second kappa shape index (κ2) is 8.73. The lowest BCUT2D eigenvalue weighted by Gasteiger charge is -2.10. The van der Waals surface area contributed by atoms with Crippen LogP contribution < -0.4 is 10.6 Å². The Bertz CT molecular complexity index is 1140. The first-order chi connectivity index (χ1) is 14.3. The Morgan fingerprint density at radius 3 is 2.73 bits per heavy atom. The fourth-order valence-electron chi connectivity index (χ4n) is 2.88. The minimum Gasteiger partial charge on any atom is -0.345 e. The fraction of sp³-hybridized carbons (Fsp3) is 0.238. The second-order valence-corrected chi connectivity index (χ2v) is 6.88. The van der Waals surface area contributed by atoms with Crippen molar-refractivity contribution in [2.75, 3.05) is 26.0 Å². The zero-order chi connectivity index (χ0) is 21.8. The molecular weight excluding hydrogens is 387 g/mol. The molecule has 0 aliphatic carbocycles. The van der Waals surface area contributed by atoms with Gasteiger partial charge >= 0.3 is 6.03 Å². The molecule has 3 aromatic rings. The van der Waals surface area contributed by atoms with E-state index in [4.69, 9.17) is 0 Å². The minimum absolute atomic E-state index is 0.132. The van der Waals surface area contributed by atoms with E-state index in [2.05, 4.69) is 25.6 Å². The molecule has 0 saturated carbocycles. The molecule has 0 aliphatic rings. The van der Waals surface area contributed by atoms with Crippen LogP contribution in [0.3, 0.4) is 0 Å². The van der Waals surface area contributed by atoms with Crippen LogP contribution in [0.4, 0.5) is 15.1 Å². The number of halogens is 1. The van der Waals surface area contributed by atoms with Gasteiger partial charge in [-0.1, -0.05) is 0 Å². The Morgan fingerprint density at radius 1 is 1.30 bits per heavy atom. The molecule has 0 bridgehead atoms. The van der Waals surface area contributed by atoms with Crippen LogP contribution in [0.25, 0.3) is 27.9 Å². The van der Waals surface area contributed by atoms with Gasteiger partial charge in [0.2, 0.25) is 11.9 Å². The number of hydrogen-bond acceptors (Lipinski definition) is 4. The number of aromatic amines is 1. The molecule has 3 rings (SSSR count). The van der Waals surface area contributed by atoms with Gasteiger partial charge in [-0.3, -0.25) is 15.1 Å². The number of rotatable bonds is 5. The number of amides is 3. The summed E-state index contributed by atoms with van der Waals surface area (Å²) in [6.07, 6.45) is 3.00. The van der Waals surface area contributed by atoms with Crippen LogP contribution in [0, 0.1) is 5.82 Å².